The van der Waals surface area contributed by atoms with E-state index in [0.29, 0.717) is 13.1 Å². The van der Waals surface area contributed by atoms with E-state index >= 15 is 0 Å². The van der Waals surface area contributed by atoms with Gasteiger partial charge in [0.2, 0.25) is 0 Å². The second-order valence-electron chi connectivity index (χ2n) is 2.37. The molecule has 0 bridgehead atoms. The highest BCUT2D eigenvalue weighted by Gasteiger charge is 2.07. The lowest BCUT2D eigenvalue weighted by molar-refractivity contribution is -0.709. The van der Waals surface area contributed by atoms with Crippen LogP contribution in [0.25, 0.3) is 0 Å². The van der Waals surface area contributed by atoms with Crippen LogP contribution in [0.15, 0.2) is 5.28 Å². The van der Waals surface area contributed by atoms with Gasteiger partial charge in [0, 0.05) is 4.97 Å². The summed E-state index contributed by atoms with van der Waals surface area (Å²) in [6.07, 6.45) is 0. The summed E-state index contributed by atoms with van der Waals surface area (Å²) >= 11 is 0. The Hall–Kier alpha value is -1.04. The molecule has 0 aliphatic heterocycles. The van der Waals surface area contributed by atoms with E-state index in [0.717, 1.165) is 13.1 Å². The molecule has 0 aliphatic rings. The first-order valence-electron chi connectivity index (χ1n) is 4.13. The molecule has 0 aromatic heterocycles. The fourth-order valence-corrected chi connectivity index (χ4v) is 0.861. The van der Waals surface area contributed by atoms with Crippen LogP contribution in [0, 0.1) is 10.4 Å². The first-order valence-corrected chi connectivity index (χ1v) is 4.13. The number of likely N-dealkylation sites (N-methyl/N-ethyl adjacent to an activating group) is 2. The Kier molecular flexibility index (Phi) is 6.08. The second kappa shape index (κ2) is 6.66. The quantitative estimate of drug-likeness (QED) is 0.250. The van der Waals surface area contributed by atoms with Gasteiger partial charge in [0.1, 0.15) is 6.54 Å². The van der Waals surface area contributed by atoms with Crippen molar-refractivity contribution in [2.24, 2.45) is 5.28 Å². The third-order valence-electron chi connectivity index (χ3n) is 1.56. The molecule has 0 spiro atoms. The highest BCUT2D eigenvalue weighted by Crippen LogP contribution is 1.86. The molecule has 72 valence electrons. The molecule has 0 saturated carbocycles. The molecule has 0 amide bonds. The Morgan fingerprint density at radius 2 is 2.17 bits per heavy atom. The van der Waals surface area contributed by atoms with Gasteiger partial charge in [0.05, 0.1) is 19.6 Å². The average molecular weight is 176 g/mol. The van der Waals surface area contributed by atoms with Crippen LogP contribution in [0.5, 0.6) is 0 Å². The zero-order valence-corrected chi connectivity index (χ0v) is 7.56. The van der Waals surface area contributed by atoms with Crippen LogP contribution in [0.3, 0.4) is 0 Å². The zero-order chi connectivity index (χ0) is 9.40. The summed E-state index contributed by atoms with van der Waals surface area (Å²) < 4.78 is 0. The highest BCUT2D eigenvalue weighted by molar-refractivity contribution is 4.36. The van der Waals surface area contributed by atoms with Crippen molar-refractivity contribution in [1.82, 2.24) is 5.01 Å². The van der Waals surface area contributed by atoms with Gasteiger partial charge >= 0.3 is 0 Å². The predicted octanol–water partition coefficient (Wildman–Crippen LogP) is -0.733. The van der Waals surface area contributed by atoms with Crippen molar-refractivity contribution in [2.75, 3.05) is 26.2 Å². The third kappa shape index (κ3) is 3.97. The Labute approximate surface area is 72.0 Å². The molecule has 0 unspecified atom stereocenters. The molecule has 0 radical (unpaired) electrons. The van der Waals surface area contributed by atoms with Crippen LogP contribution < -0.4 is 5.32 Å². The van der Waals surface area contributed by atoms with E-state index in [1.54, 1.807) is 0 Å². The van der Waals surface area contributed by atoms with E-state index < -0.39 is 0 Å². The minimum atomic E-state index is 0.101. The van der Waals surface area contributed by atoms with Crippen molar-refractivity contribution in [3.63, 3.8) is 0 Å². The first kappa shape index (κ1) is 11.0. The Bertz CT molecular complexity index is 140. The van der Waals surface area contributed by atoms with Crippen LogP contribution in [0.1, 0.15) is 13.8 Å². The molecular weight excluding hydrogens is 160 g/mol. The Balaban J connectivity index is 3.68. The summed E-state index contributed by atoms with van der Waals surface area (Å²) in [6.45, 7) is 6.68. The maximum absolute atomic E-state index is 10.7. The molecule has 0 aliphatic carbocycles. The zero-order valence-electron chi connectivity index (χ0n) is 7.56. The van der Waals surface area contributed by atoms with Crippen LogP contribution in [0.2, 0.25) is 0 Å². The molecule has 6 heteroatoms. The van der Waals surface area contributed by atoms with Gasteiger partial charge in [-0.3, -0.25) is 0 Å². The van der Waals surface area contributed by atoms with Crippen LogP contribution in [0.4, 0.5) is 0 Å². The molecule has 2 N–H and O–H groups in total. The number of rotatable bonds is 6. The molecule has 0 atom stereocenters. The average Bonchev–Trinajstić information content (AvgIpc) is 2.11. The minimum Gasteiger partial charge on any atom is -0.737 e. The molecule has 0 rings (SSSR count). The lowest BCUT2D eigenvalue weighted by atomic mass is 10.5. The topological polar surface area (TPSA) is 81.3 Å². The predicted molar refractivity (Wildman–Crippen MR) is 44.0 cm³/mol. The summed E-state index contributed by atoms with van der Waals surface area (Å²) in [4.78, 5) is 0.101. The van der Waals surface area contributed by atoms with Crippen molar-refractivity contribution in [2.45, 2.75) is 13.8 Å². The highest BCUT2D eigenvalue weighted by atomic mass is 16.6. The van der Waals surface area contributed by atoms with Crippen molar-refractivity contribution in [3.05, 3.63) is 10.4 Å². The molecule has 0 heterocycles. The number of hydrogen-bond donors (Lipinski definition) is 1. The number of quaternary nitrogens is 1. The maximum Gasteiger partial charge on any atom is 0.126 e. The van der Waals surface area contributed by atoms with E-state index in [-0.39, 0.29) is 4.97 Å². The van der Waals surface area contributed by atoms with Gasteiger partial charge in [-0.1, -0.05) is 0 Å². The fraction of sp³-hybridized carbons (Fsp3) is 1.00. The number of nitrogens with two attached hydrogens (primary N) is 1. The van der Waals surface area contributed by atoms with Gasteiger partial charge < -0.3 is 15.7 Å². The molecule has 0 saturated heterocycles. The van der Waals surface area contributed by atoms with E-state index in [9.17, 15) is 10.4 Å². The van der Waals surface area contributed by atoms with Crippen LogP contribution in [-0.4, -0.2) is 36.2 Å². The van der Waals surface area contributed by atoms with Crippen LogP contribution >= 0.6 is 0 Å². The van der Waals surface area contributed by atoms with Gasteiger partial charge in [0.15, 0.2) is 0 Å². The van der Waals surface area contributed by atoms with Crippen LogP contribution in [-0.2, 0) is 0 Å². The lowest BCUT2D eigenvalue weighted by Gasteiger charge is -2.16. The normalized spacial score (nSPS) is 11.7. The van der Waals surface area contributed by atoms with Gasteiger partial charge in [-0.25, -0.2) is 0 Å². The van der Waals surface area contributed by atoms with Crippen molar-refractivity contribution in [3.8, 4) is 0 Å². The SMILES string of the molecule is CC[NH2+]CCN(CC)/[N+]([O-])=N\[O-]. The third-order valence-corrected chi connectivity index (χ3v) is 1.56. The number of nitrogens with zero attached hydrogens (tertiary/aromatic N) is 3. The standard InChI is InChI=1S/C6H16N4O2/c1-3-7-5-6-9(4-2)10(12)8-11/h7,11H,3-6H2,1-2H3/b10-8+. The number of hydrogen-bond acceptors (Lipinski definition) is 3. The molecule has 0 fully saturated rings. The van der Waals surface area contributed by atoms with Gasteiger partial charge in [-0.15, -0.1) is 5.01 Å². The lowest BCUT2D eigenvalue weighted by Crippen LogP contribution is -2.85. The molecular formula is C6H16N4O2. The summed E-state index contributed by atoms with van der Waals surface area (Å²) in [5.74, 6) is 0. The van der Waals surface area contributed by atoms with Crippen molar-refractivity contribution < 1.29 is 10.3 Å². The van der Waals surface area contributed by atoms with E-state index in [4.69, 9.17) is 0 Å². The monoisotopic (exact) mass is 176 g/mol. The van der Waals surface area contributed by atoms with Gasteiger partial charge in [-0.05, 0) is 19.1 Å². The van der Waals surface area contributed by atoms with E-state index in [1.165, 1.54) is 5.01 Å². The molecule has 12 heavy (non-hydrogen) atoms. The van der Waals surface area contributed by atoms with Gasteiger partial charge in [0.25, 0.3) is 0 Å². The van der Waals surface area contributed by atoms with Crippen molar-refractivity contribution in [1.29, 1.82) is 0 Å². The van der Waals surface area contributed by atoms with Gasteiger partial charge in [-0.2, -0.15) is 0 Å². The molecule has 0 aromatic rings. The van der Waals surface area contributed by atoms with Crippen molar-refractivity contribution >= 4 is 0 Å². The smallest absolute Gasteiger partial charge is 0.126 e. The fourth-order valence-electron chi connectivity index (χ4n) is 0.861. The Morgan fingerprint density at radius 3 is 2.58 bits per heavy atom. The Morgan fingerprint density at radius 1 is 1.50 bits per heavy atom. The summed E-state index contributed by atoms with van der Waals surface area (Å²) in [7, 11) is 0. The largest absolute Gasteiger partial charge is 0.737 e. The first-order chi connectivity index (χ1) is 5.76. The molecule has 0 aromatic carbocycles. The maximum atomic E-state index is 10.7. The minimum absolute atomic E-state index is 0.101. The van der Waals surface area contributed by atoms with E-state index in [2.05, 4.69) is 10.6 Å². The van der Waals surface area contributed by atoms with E-state index in [1.807, 2.05) is 13.8 Å². The summed E-state index contributed by atoms with van der Waals surface area (Å²) in [5.41, 5.74) is 0. The second-order valence-corrected chi connectivity index (χ2v) is 2.37. The summed E-state index contributed by atoms with van der Waals surface area (Å²) in [6, 6.07) is 0. The summed E-state index contributed by atoms with van der Waals surface area (Å²) in [5, 5.41) is 26.2. The number of hydrazine groups is 1. The molecule has 6 nitrogen and oxygen atoms in total.